The maximum atomic E-state index is 4.61. The highest BCUT2D eigenvalue weighted by Gasteiger charge is 2.09. The molecule has 1 aromatic heterocycles. The Kier molecular flexibility index (Phi) is 7.90. The smallest absolute Gasteiger partial charge is 0.0762 e. The maximum Gasteiger partial charge on any atom is 0.0762 e. The SMILES string of the molecule is CCCCCCCCCn1ccc(CNC(C)(C)C)n1. The van der Waals surface area contributed by atoms with Gasteiger partial charge in [0.25, 0.3) is 0 Å². The summed E-state index contributed by atoms with van der Waals surface area (Å²) in [6.45, 7) is 10.7. The van der Waals surface area contributed by atoms with Crippen molar-refractivity contribution in [3.63, 3.8) is 0 Å². The quantitative estimate of drug-likeness (QED) is 0.638. The standard InChI is InChI=1S/C17H33N3/c1-5-6-7-8-9-10-11-13-20-14-12-16(19-20)15-18-17(2,3)4/h12,14,18H,5-11,13,15H2,1-4H3. The molecule has 0 aliphatic carbocycles. The van der Waals surface area contributed by atoms with Gasteiger partial charge in [-0.3, -0.25) is 4.68 Å². The Balaban J connectivity index is 2.11. The Bertz CT molecular complexity index is 349. The highest BCUT2D eigenvalue weighted by molar-refractivity contribution is 4.99. The first-order valence-electron chi connectivity index (χ1n) is 8.28. The average Bonchev–Trinajstić information content (AvgIpc) is 2.82. The molecule has 3 nitrogen and oxygen atoms in total. The van der Waals surface area contributed by atoms with Crippen LogP contribution < -0.4 is 5.32 Å². The van der Waals surface area contributed by atoms with Gasteiger partial charge >= 0.3 is 0 Å². The number of aryl methyl sites for hydroxylation is 1. The van der Waals surface area contributed by atoms with Crippen LogP contribution in [0, 0.1) is 0 Å². The first-order valence-corrected chi connectivity index (χ1v) is 8.28. The Labute approximate surface area is 125 Å². The fraction of sp³-hybridized carbons (Fsp3) is 0.824. The summed E-state index contributed by atoms with van der Waals surface area (Å²) >= 11 is 0. The first-order chi connectivity index (χ1) is 9.51. The molecule has 0 saturated heterocycles. The molecule has 0 fully saturated rings. The van der Waals surface area contributed by atoms with Crippen molar-refractivity contribution < 1.29 is 0 Å². The summed E-state index contributed by atoms with van der Waals surface area (Å²) in [4.78, 5) is 0. The molecule has 0 aliphatic heterocycles. The van der Waals surface area contributed by atoms with Crippen LogP contribution in [0.1, 0.15) is 78.3 Å². The molecule has 3 heteroatoms. The van der Waals surface area contributed by atoms with Crippen LogP contribution in [0.2, 0.25) is 0 Å². The molecule has 116 valence electrons. The van der Waals surface area contributed by atoms with E-state index < -0.39 is 0 Å². The molecule has 1 heterocycles. The first kappa shape index (κ1) is 17.2. The fourth-order valence-electron chi connectivity index (χ4n) is 2.21. The van der Waals surface area contributed by atoms with E-state index in [1.807, 2.05) is 0 Å². The molecule has 1 aromatic rings. The number of unbranched alkanes of at least 4 members (excludes halogenated alkanes) is 6. The summed E-state index contributed by atoms with van der Waals surface area (Å²) in [7, 11) is 0. The van der Waals surface area contributed by atoms with E-state index in [2.05, 4.69) is 55.1 Å². The van der Waals surface area contributed by atoms with E-state index in [1.54, 1.807) is 0 Å². The highest BCUT2D eigenvalue weighted by atomic mass is 15.3. The fourth-order valence-corrected chi connectivity index (χ4v) is 2.21. The summed E-state index contributed by atoms with van der Waals surface area (Å²) in [5.41, 5.74) is 1.30. The lowest BCUT2D eigenvalue weighted by Gasteiger charge is -2.19. The molecule has 0 spiro atoms. The highest BCUT2D eigenvalue weighted by Crippen LogP contribution is 2.08. The van der Waals surface area contributed by atoms with E-state index in [1.165, 1.54) is 44.9 Å². The third-order valence-electron chi connectivity index (χ3n) is 3.49. The molecule has 0 unspecified atom stereocenters. The van der Waals surface area contributed by atoms with Gasteiger partial charge < -0.3 is 5.32 Å². The average molecular weight is 279 g/mol. The largest absolute Gasteiger partial charge is 0.306 e. The Hall–Kier alpha value is -0.830. The number of aromatic nitrogens is 2. The van der Waals surface area contributed by atoms with Gasteiger partial charge in [-0.2, -0.15) is 5.10 Å². The van der Waals surface area contributed by atoms with Crippen LogP contribution in [0.3, 0.4) is 0 Å². The van der Waals surface area contributed by atoms with Crippen molar-refractivity contribution in [3.05, 3.63) is 18.0 Å². The van der Waals surface area contributed by atoms with E-state index in [4.69, 9.17) is 0 Å². The molecule has 0 saturated carbocycles. The van der Waals surface area contributed by atoms with Gasteiger partial charge in [-0.25, -0.2) is 0 Å². The molecule has 20 heavy (non-hydrogen) atoms. The van der Waals surface area contributed by atoms with Gasteiger partial charge in [0, 0.05) is 24.8 Å². The Morgan fingerprint density at radius 1 is 1.05 bits per heavy atom. The second-order valence-corrected chi connectivity index (χ2v) is 6.80. The van der Waals surface area contributed by atoms with Crippen molar-refractivity contribution >= 4 is 0 Å². The van der Waals surface area contributed by atoms with Crippen molar-refractivity contribution in [2.75, 3.05) is 0 Å². The predicted octanol–water partition coefficient (Wildman–Crippen LogP) is 4.52. The lowest BCUT2D eigenvalue weighted by molar-refractivity contribution is 0.418. The van der Waals surface area contributed by atoms with E-state index >= 15 is 0 Å². The molecule has 0 bridgehead atoms. The van der Waals surface area contributed by atoms with Crippen molar-refractivity contribution in [1.82, 2.24) is 15.1 Å². The van der Waals surface area contributed by atoms with Crippen LogP contribution in [0.25, 0.3) is 0 Å². The molecule has 0 atom stereocenters. The van der Waals surface area contributed by atoms with Crippen LogP contribution in [0.5, 0.6) is 0 Å². The molecule has 0 aromatic carbocycles. The third kappa shape index (κ3) is 8.36. The number of rotatable bonds is 10. The van der Waals surface area contributed by atoms with Gasteiger partial charge in [-0.05, 0) is 33.3 Å². The zero-order chi connectivity index (χ0) is 14.8. The molecule has 0 amide bonds. The lowest BCUT2D eigenvalue weighted by atomic mass is 10.1. The van der Waals surface area contributed by atoms with E-state index in [-0.39, 0.29) is 5.54 Å². The molecular formula is C17H33N3. The number of hydrogen-bond acceptors (Lipinski definition) is 2. The summed E-state index contributed by atoms with van der Waals surface area (Å²) in [6.07, 6.45) is 11.6. The summed E-state index contributed by atoms with van der Waals surface area (Å²) < 4.78 is 2.09. The van der Waals surface area contributed by atoms with Crippen LogP contribution >= 0.6 is 0 Å². The number of nitrogens with zero attached hydrogens (tertiary/aromatic N) is 2. The Morgan fingerprint density at radius 2 is 1.70 bits per heavy atom. The molecule has 1 rings (SSSR count). The van der Waals surface area contributed by atoms with Gasteiger partial charge in [0.1, 0.15) is 0 Å². The number of nitrogens with one attached hydrogen (secondary N) is 1. The summed E-state index contributed by atoms with van der Waals surface area (Å²) in [5, 5.41) is 8.09. The van der Waals surface area contributed by atoms with E-state index in [0.29, 0.717) is 0 Å². The van der Waals surface area contributed by atoms with E-state index in [0.717, 1.165) is 18.8 Å². The minimum Gasteiger partial charge on any atom is -0.306 e. The van der Waals surface area contributed by atoms with Gasteiger partial charge in [-0.1, -0.05) is 45.4 Å². The van der Waals surface area contributed by atoms with Gasteiger partial charge in [-0.15, -0.1) is 0 Å². The maximum absolute atomic E-state index is 4.61. The zero-order valence-electron chi connectivity index (χ0n) is 13.9. The van der Waals surface area contributed by atoms with Crippen LogP contribution in [-0.4, -0.2) is 15.3 Å². The molecule has 1 N–H and O–H groups in total. The normalized spacial score (nSPS) is 12.0. The number of hydrogen-bond donors (Lipinski definition) is 1. The second kappa shape index (κ2) is 9.17. The van der Waals surface area contributed by atoms with E-state index in [9.17, 15) is 0 Å². The van der Waals surface area contributed by atoms with Crippen molar-refractivity contribution in [1.29, 1.82) is 0 Å². The van der Waals surface area contributed by atoms with Crippen LogP contribution in [-0.2, 0) is 13.1 Å². The summed E-state index contributed by atoms with van der Waals surface area (Å²) in [6, 6.07) is 2.12. The van der Waals surface area contributed by atoms with Gasteiger partial charge in [0.05, 0.1) is 5.69 Å². The molecular weight excluding hydrogens is 246 g/mol. The van der Waals surface area contributed by atoms with Gasteiger partial charge in [0.2, 0.25) is 0 Å². The predicted molar refractivity (Wildman–Crippen MR) is 86.8 cm³/mol. The summed E-state index contributed by atoms with van der Waals surface area (Å²) in [5.74, 6) is 0. The van der Waals surface area contributed by atoms with Crippen molar-refractivity contribution in [2.45, 2.75) is 91.3 Å². The second-order valence-electron chi connectivity index (χ2n) is 6.80. The minimum atomic E-state index is 0.155. The van der Waals surface area contributed by atoms with Gasteiger partial charge in [0.15, 0.2) is 0 Å². The van der Waals surface area contributed by atoms with Crippen molar-refractivity contribution in [2.24, 2.45) is 0 Å². The van der Waals surface area contributed by atoms with Crippen LogP contribution in [0.15, 0.2) is 12.3 Å². The third-order valence-corrected chi connectivity index (χ3v) is 3.49. The molecule has 0 aliphatic rings. The monoisotopic (exact) mass is 279 g/mol. The molecule has 0 radical (unpaired) electrons. The lowest BCUT2D eigenvalue weighted by Crippen LogP contribution is -2.35. The van der Waals surface area contributed by atoms with Crippen LogP contribution in [0.4, 0.5) is 0 Å². The van der Waals surface area contributed by atoms with Crippen molar-refractivity contribution in [3.8, 4) is 0 Å². The Morgan fingerprint density at radius 3 is 2.35 bits per heavy atom. The topological polar surface area (TPSA) is 29.9 Å². The zero-order valence-corrected chi connectivity index (χ0v) is 13.9. The minimum absolute atomic E-state index is 0.155.